The fourth-order valence-corrected chi connectivity index (χ4v) is 3.19. The van der Waals surface area contributed by atoms with Crippen molar-refractivity contribution in [2.24, 2.45) is 0 Å². The minimum atomic E-state index is -1.03. The zero-order valence-electron chi connectivity index (χ0n) is 16.5. The first-order valence-corrected chi connectivity index (χ1v) is 9.19. The van der Waals surface area contributed by atoms with Gasteiger partial charge in [0, 0.05) is 16.7 Å². The van der Waals surface area contributed by atoms with Gasteiger partial charge >= 0.3 is 0 Å². The number of amides is 1. The van der Waals surface area contributed by atoms with E-state index in [0.29, 0.717) is 16.7 Å². The fraction of sp³-hybridized carbons (Fsp3) is 0.208. The van der Waals surface area contributed by atoms with E-state index in [2.05, 4.69) is 17.2 Å². The van der Waals surface area contributed by atoms with Gasteiger partial charge in [-0.15, -0.1) is 0 Å². The molecule has 146 valence electrons. The van der Waals surface area contributed by atoms with Gasteiger partial charge in [-0.05, 0) is 56.7 Å². The standard InChI is InChI=1S/C24H21NO4/c1-15(26)14-25-23(29)20-21(27)18-12-11-17(10-9-16-7-5-4-6-8-16)13-19(18)24(2,3)22(20)28/h4-8,11-13,27H,14H2,1-3H3,(H,25,29). The van der Waals surface area contributed by atoms with Gasteiger partial charge in [0.05, 0.1) is 12.0 Å². The Morgan fingerprint density at radius 3 is 2.34 bits per heavy atom. The molecule has 5 heteroatoms. The number of carbonyl (C=O) groups excluding carboxylic acids is 3. The Kier molecular flexibility index (Phi) is 5.38. The minimum absolute atomic E-state index is 0.204. The van der Waals surface area contributed by atoms with Crippen LogP contribution in [0.5, 0.6) is 0 Å². The molecule has 0 spiro atoms. The van der Waals surface area contributed by atoms with Crippen molar-refractivity contribution in [2.75, 3.05) is 6.54 Å². The maximum absolute atomic E-state index is 13.0. The number of benzene rings is 2. The van der Waals surface area contributed by atoms with Gasteiger partial charge in [0.2, 0.25) is 0 Å². The summed E-state index contributed by atoms with van der Waals surface area (Å²) in [7, 11) is 0. The molecular weight excluding hydrogens is 366 g/mol. The van der Waals surface area contributed by atoms with Crippen molar-refractivity contribution in [1.82, 2.24) is 5.32 Å². The summed E-state index contributed by atoms with van der Waals surface area (Å²) in [5, 5.41) is 13.0. The van der Waals surface area contributed by atoms with Gasteiger partial charge in [0.25, 0.3) is 5.91 Å². The molecule has 0 aromatic heterocycles. The van der Waals surface area contributed by atoms with Gasteiger partial charge < -0.3 is 10.4 Å². The highest BCUT2D eigenvalue weighted by Gasteiger charge is 2.43. The lowest BCUT2D eigenvalue weighted by molar-refractivity contribution is -0.126. The van der Waals surface area contributed by atoms with Crippen molar-refractivity contribution in [2.45, 2.75) is 26.2 Å². The summed E-state index contributed by atoms with van der Waals surface area (Å²) in [5.74, 6) is 4.25. The Labute approximate surface area is 169 Å². The number of carbonyl (C=O) groups is 3. The van der Waals surface area contributed by atoms with Gasteiger partial charge in [0.15, 0.2) is 5.78 Å². The van der Waals surface area contributed by atoms with Crippen molar-refractivity contribution in [3.05, 3.63) is 76.4 Å². The lowest BCUT2D eigenvalue weighted by Gasteiger charge is -2.32. The van der Waals surface area contributed by atoms with Gasteiger partial charge in [-0.1, -0.05) is 30.0 Å². The molecule has 3 rings (SSSR count). The third-order valence-electron chi connectivity index (χ3n) is 4.83. The molecule has 0 atom stereocenters. The van der Waals surface area contributed by atoms with E-state index in [0.717, 1.165) is 5.56 Å². The summed E-state index contributed by atoms with van der Waals surface area (Å²) in [6, 6.07) is 14.7. The summed E-state index contributed by atoms with van der Waals surface area (Å²) in [6.07, 6.45) is 0. The zero-order chi connectivity index (χ0) is 21.2. The number of nitrogens with one attached hydrogen (secondary N) is 1. The second-order valence-corrected chi connectivity index (χ2v) is 7.44. The second-order valence-electron chi connectivity index (χ2n) is 7.44. The average molecular weight is 387 g/mol. The van der Waals surface area contributed by atoms with Crippen LogP contribution < -0.4 is 5.32 Å². The molecular formula is C24H21NO4. The largest absolute Gasteiger partial charge is 0.506 e. The highest BCUT2D eigenvalue weighted by atomic mass is 16.3. The smallest absolute Gasteiger partial charge is 0.259 e. The number of Topliss-reactive ketones (excluding diaryl/α,β-unsaturated/α-hetero) is 2. The molecule has 0 fully saturated rings. The molecule has 0 radical (unpaired) electrons. The van der Waals surface area contributed by atoms with Gasteiger partial charge in [-0.3, -0.25) is 14.4 Å². The molecule has 2 N–H and O–H groups in total. The Bertz CT molecular complexity index is 1100. The third-order valence-corrected chi connectivity index (χ3v) is 4.83. The lowest BCUT2D eigenvalue weighted by Crippen LogP contribution is -2.42. The van der Waals surface area contributed by atoms with E-state index in [1.165, 1.54) is 6.92 Å². The molecule has 1 aliphatic carbocycles. The van der Waals surface area contributed by atoms with Crippen LogP contribution in [0, 0.1) is 11.8 Å². The second kappa shape index (κ2) is 7.76. The maximum Gasteiger partial charge on any atom is 0.259 e. The number of fused-ring (bicyclic) bond motifs is 1. The third kappa shape index (κ3) is 3.97. The van der Waals surface area contributed by atoms with Crippen LogP contribution in [0.1, 0.15) is 43.0 Å². The number of hydrogen-bond donors (Lipinski definition) is 2. The van der Waals surface area contributed by atoms with E-state index in [1.807, 2.05) is 30.3 Å². The first kappa shape index (κ1) is 20.1. The molecule has 1 aliphatic rings. The predicted octanol–water partition coefficient (Wildman–Crippen LogP) is 2.92. The minimum Gasteiger partial charge on any atom is -0.506 e. The summed E-state index contributed by atoms with van der Waals surface area (Å²) < 4.78 is 0. The molecule has 0 saturated heterocycles. The van der Waals surface area contributed by atoms with Crippen molar-refractivity contribution in [1.29, 1.82) is 0 Å². The van der Waals surface area contributed by atoms with E-state index in [-0.39, 0.29) is 23.7 Å². The number of aliphatic hydroxyl groups is 1. The molecule has 0 saturated carbocycles. The molecule has 2 aromatic carbocycles. The molecule has 0 bridgehead atoms. The predicted molar refractivity (Wildman–Crippen MR) is 110 cm³/mol. The number of rotatable bonds is 3. The van der Waals surface area contributed by atoms with Crippen molar-refractivity contribution in [3.63, 3.8) is 0 Å². The normalized spacial score (nSPS) is 14.5. The summed E-state index contributed by atoms with van der Waals surface area (Å²) in [5.41, 5.74) is 1.22. The average Bonchev–Trinajstić information content (AvgIpc) is 2.70. The molecule has 1 amide bonds. The summed E-state index contributed by atoms with van der Waals surface area (Å²) in [4.78, 5) is 36.6. The highest BCUT2D eigenvalue weighted by molar-refractivity contribution is 6.28. The Morgan fingerprint density at radius 1 is 1.03 bits per heavy atom. The molecule has 5 nitrogen and oxygen atoms in total. The number of ketones is 2. The summed E-state index contributed by atoms with van der Waals surface area (Å²) >= 11 is 0. The maximum atomic E-state index is 13.0. The van der Waals surface area contributed by atoms with Gasteiger partial charge in [-0.25, -0.2) is 0 Å². The lowest BCUT2D eigenvalue weighted by atomic mass is 9.70. The first-order valence-electron chi connectivity index (χ1n) is 9.19. The van der Waals surface area contributed by atoms with E-state index < -0.39 is 17.1 Å². The zero-order valence-corrected chi connectivity index (χ0v) is 16.5. The van der Waals surface area contributed by atoms with Gasteiger partial charge in [-0.2, -0.15) is 0 Å². The molecule has 0 aliphatic heterocycles. The number of hydrogen-bond acceptors (Lipinski definition) is 4. The number of aliphatic hydroxyl groups excluding tert-OH is 1. The van der Waals surface area contributed by atoms with Crippen LogP contribution in [0.3, 0.4) is 0 Å². The van der Waals surface area contributed by atoms with Crippen molar-refractivity contribution < 1.29 is 19.5 Å². The van der Waals surface area contributed by atoms with E-state index in [9.17, 15) is 19.5 Å². The van der Waals surface area contributed by atoms with E-state index in [1.54, 1.807) is 32.0 Å². The molecule has 0 unspecified atom stereocenters. The van der Waals surface area contributed by atoms with E-state index in [4.69, 9.17) is 0 Å². The van der Waals surface area contributed by atoms with Crippen LogP contribution in [-0.2, 0) is 19.8 Å². The van der Waals surface area contributed by atoms with Gasteiger partial charge in [0.1, 0.15) is 17.1 Å². The topological polar surface area (TPSA) is 83.5 Å². The van der Waals surface area contributed by atoms with Crippen LogP contribution in [0.4, 0.5) is 0 Å². The monoisotopic (exact) mass is 387 g/mol. The van der Waals surface area contributed by atoms with Crippen molar-refractivity contribution >= 4 is 23.2 Å². The van der Waals surface area contributed by atoms with E-state index >= 15 is 0 Å². The molecule has 2 aromatic rings. The first-order chi connectivity index (χ1) is 13.7. The Hall–Kier alpha value is -3.65. The van der Waals surface area contributed by atoms with Crippen LogP contribution in [0.2, 0.25) is 0 Å². The van der Waals surface area contributed by atoms with Crippen LogP contribution in [-0.4, -0.2) is 29.1 Å². The fourth-order valence-electron chi connectivity index (χ4n) is 3.19. The SMILES string of the molecule is CC(=O)CNC(=O)C1=C(O)c2ccc(C#Cc3ccccc3)cc2C(C)(C)C1=O. The van der Waals surface area contributed by atoms with Crippen LogP contribution in [0.25, 0.3) is 5.76 Å². The van der Waals surface area contributed by atoms with Crippen LogP contribution in [0.15, 0.2) is 54.1 Å². The molecule has 0 heterocycles. The Morgan fingerprint density at radius 2 is 1.69 bits per heavy atom. The quantitative estimate of drug-likeness (QED) is 0.627. The molecule has 29 heavy (non-hydrogen) atoms. The summed E-state index contributed by atoms with van der Waals surface area (Å²) in [6.45, 7) is 4.53. The Balaban J connectivity index is 2.03. The van der Waals surface area contributed by atoms with Crippen LogP contribution >= 0.6 is 0 Å². The highest BCUT2D eigenvalue weighted by Crippen LogP contribution is 2.39. The van der Waals surface area contributed by atoms with Crippen molar-refractivity contribution in [3.8, 4) is 11.8 Å².